The summed E-state index contributed by atoms with van der Waals surface area (Å²) in [5, 5.41) is 3.78. The molecular weight excluding hydrogens is 372 g/mol. The largest absolute Gasteiger partial charge is 0.493 e. The predicted octanol–water partition coefficient (Wildman–Crippen LogP) is 4.14. The average Bonchev–Trinajstić information content (AvgIpc) is 2.71. The van der Waals surface area contributed by atoms with Crippen LogP contribution in [0.1, 0.15) is 31.9 Å². The van der Waals surface area contributed by atoms with Gasteiger partial charge in [-0.25, -0.2) is 10.2 Å². The van der Waals surface area contributed by atoms with Crippen LogP contribution in [0.4, 0.5) is 4.79 Å². The molecule has 0 aliphatic heterocycles. The Labute approximate surface area is 171 Å². The van der Waals surface area contributed by atoms with Gasteiger partial charge >= 0.3 is 6.09 Å². The van der Waals surface area contributed by atoms with E-state index in [1.54, 1.807) is 25.3 Å². The fraction of sp³-hybridized carbons (Fsp3) is 0.364. The number of hydrazone groups is 1. The van der Waals surface area contributed by atoms with E-state index in [2.05, 4.69) is 48.2 Å². The van der Waals surface area contributed by atoms with Crippen LogP contribution >= 0.6 is 0 Å². The molecule has 0 aliphatic rings. The summed E-state index contributed by atoms with van der Waals surface area (Å²) in [5.74, 6) is 1.96. The fourth-order valence-corrected chi connectivity index (χ4v) is 2.45. The van der Waals surface area contributed by atoms with E-state index in [9.17, 15) is 4.79 Å². The molecule has 1 amide bonds. The van der Waals surface area contributed by atoms with E-state index in [-0.39, 0.29) is 5.41 Å². The molecule has 156 valence electrons. The van der Waals surface area contributed by atoms with Crippen LogP contribution in [-0.4, -0.2) is 39.7 Å². The minimum Gasteiger partial charge on any atom is -0.493 e. The van der Waals surface area contributed by atoms with E-state index in [0.29, 0.717) is 24.7 Å². The van der Waals surface area contributed by atoms with Gasteiger partial charge in [-0.2, -0.15) is 5.10 Å². The molecule has 0 fully saturated rings. The van der Waals surface area contributed by atoms with Crippen molar-refractivity contribution in [2.45, 2.75) is 26.2 Å². The molecule has 29 heavy (non-hydrogen) atoms. The Balaban J connectivity index is 1.86. The summed E-state index contributed by atoms with van der Waals surface area (Å²) in [7, 11) is 2.83. The number of hydrogen-bond donors (Lipinski definition) is 1. The number of nitrogens with one attached hydrogen (secondary N) is 1. The van der Waals surface area contributed by atoms with Gasteiger partial charge in [-0.15, -0.1) is 0 Å². The molecule has 0 aromatic heterocycles. The number of ether oxygens (including phenoxy) is 4. The lowest BCUT2D eigenvalue weighted by atomic mass is 9.87. The van der Waals surface area contributed by atoms with Crippen LogP contribution < -0.4 is 19.6 Å². The normalized spacial score (nSPS) is 11.2. The zero-order valence-electron chi connectivity index (χ0n) is 17.5. The molecule has 0 radical (unpaired) electrons. The summed E-state index contributed by atoms with van der Waals surface area (Å²) in [6.07, 6.45) is 0.842. The molecule has 0 atom stereocenters. The maximum atomic E-state index is 11.0. The first-order valence-electron chi connectivity index (χ1n) is 9.24. The van der Waals surface area contributed by atoms with Gasteiger partial charge in [0.05, 0.1) is 20.4 Å². The first-order chi connectivity index (χ1) is 13.8. The van der Waals surface area contributed by atoms with Gasteiger partial charge in [-0.3, -0.25) is 0 Å². The number of carbonyl (C=O) groups excluding carboxylic acids is 1. The lowest BCUT2D eigenvalue weighted by molar-refractivity contribution is 0.171. The zero-order chi connectivity index (χ0) is 21.3. The van der Waals surface area contributed by atoms with Crippen LogP contribution in [0, 0.1) is 0 Å². The van der Waals surface area contributed by atoms with Crippen molar-refractivity contribution >= 4 is 12.3 Å². The van der Waals surface area contributed by atoms with Gasteiger partial charge in [0.15, 0.2) is 11.5 Å². The first kappa shape index (κ1) is 22.1. The van der Waals surface area contributed by atoms with E-state index in [1.807, 2.05) is 12.1 Å². The van der Waals surface area contributed by atoms with Crippen molar-refractivity contribution in [3.63, 3.8) is 0 Å². The first-order valence-corrected chi connectivity index (χ1v) is 9.24. The molecule has 0 spiro atoms. The second-order valence-corrected chi connectivity index (χ2v) is 7.24. The van der Waals surface area contributed by atoms with Gasteiger partial charge in [-0.05, 0) is 46.9 Å². The van der Waals surface area contributed by atoms with E-state index >= 15 is 0 Å². The molecule has 0 saturated carbocycles. The molecule has 0 saturated heterocycles. The van der Waals surface area contributed by atoms with Crippen molar-refractivity contribution < 1.29 is 23.7 Å². The highest BCUT2D eigenvalue weighted by Gasteiger charge is 2.13. The molecule has 0 aliphatic carbocycles. The van der Waals surface area contributed by atoms with E-state index < -0.39 is 6.09 Å². The third kappa shape index (κ3) is 7.03. The Bertz CT molecular complexity index is 826. The molecule has 2 aromatic rings. The fourth-order valence-electron chi connectivity index (χ4n) is 2.45. The molecule has 0 heterocycles. The molecule has 0 unspecified atom stereocenters. The number of carbonyl (C=O) groups is 1. The summed E-state index contributed by atoms with van der Waals surface area (Å²) in [6, 6.07) is 13.4. The quantitative estimate of drug-likeness (QED) is 0.409. The Kier molecular flexibility index (Phi) is 7.88. The summed E-state index contributed by atoms with van der Waals surface area (Å²) >= 11 is 0. The lowest BCUT2D eigenvalue weighted by Crippen LogP contribution is -2.16. The van der Waals surface area contributed by atoms with Gasteiger partial charge in [0.1, 0.15) is 19.0 Å². The van der Waals surface area contributed by atoms with Gasteiger partial charge in [-0.1, -0.05) is 32.9 Å². The molecule has 0 bridgehead atoms. The van der Waals surface area contributed by atoms with Crippen molar-refractivity contribution in [2.24, 2.45) is 5.10 Å². The second kappa shape index (κ2) is 10.4. The smallest absolute Gasteiger partial charge is 0.427 e. The number of hydrogen-bond acceptors (Lipinski definition) is 6. The number of amides is 1. The molecular formula is C22H28N2O5. The number of nitrogens with zero attached hydrogens (tertiary/aromatic N) is 1. The lowest BCUT2D eigenvalue weighted by Gasteiger charge is -2.19. The van der Waals surface area contributed by atoms with Crippen LogP contribution in [0.25, 0.3) is 0 Å². The SMILES string of the molecule is COC(=O)N/N=C/c1ccc(OCCOc2ccc(C(C)(C)C)cc2)c(OC)c1. The van der Waals surface area contributed by atoms with Crippen molar-refractivity contribution in [1.29, 1.82) is 0 Å². The minimum atomic E-state index is -0.638. The van der Waals surface area contributed by atoms with Crippen LogP contribution in [0.15, 0.2) is 47.6 Å². The zero-order valence-corrected chi connectivity index (χ0v) is 17.5. The molecule has 7 heteroatoms. The monoisotopic (exact) mass is 400 g/mol. The summed E-state index contributed by atoms with van der Waals surface area (Å²) in [5.41, 5.74) is 4.33. The Morgan fingerprint density at radius 3 is 2.31 bits per heavy atom. The van der Waals surface area contributed by atoms with E-state index in [4.69, 9.17) is 14.2 Å². The second-order valence-electron chi connectivity index (χ2n) is 7.24. The Hall–Kier alpha value is -3.22. The average molecular weight is 400 g/mol. The van der Waals surface area contributed by atoms with Crippen molar-refractivity contribution in [3.05, 3.63) is 53.6 Å². The van der Waals surface area contributed by atoms with E-state index in [1.165, 1.54) is 18.9 Å². The van der Waals surface area contributed by atoms with Crippen molar-refractivity contribution in [1.82, 2.24) is 5.43 Å². The Morgan fingerprint density at radius 1 is 1.00 bits per heavy atom. The highest BCUT2D eigenvalue weighted by molar-refractivity contribution is 5.82. The molecule has 7 nitrogen and oxygen atoms in total. The van der Waals surface area contributed by atoms with Crippen LogP contribution in [-0.2, 0) is 10.2 Å². The summed E-state index contributed by atoms with van der Waals surface area (Å²) in [4.78, 5) is 11.0. The van der Waals surface area contributed by atoms with Crippen LogP contribution in [0.5, 0.6) is 17.2 Å². The predicted molar refractivity (Wildman–Crippen MR) is 112 cm³/mol. The standard InChI is InChI=1S/C22H28N2O5/c1-22(2,3)17-7-9-18(10-8-17)28-12-13-29-19-11-6-16(14-20(19)26-4)15-23-24-21(25)27-5/h6-11,14-15H,12-13H2,1-5H3,(H,24,25)/b23-15+. The van der Waals surface area contributed by atoms with Gasteiger partial charge < -0.3 is 18.9 Å². The van der Waals surface area contributed by atoms with Gasteiger partial charge in [0.2, 0.25) is 0 Å². The molecule has 2 rings (SSSR count). The summed E-state index contributed by atoms with van der Waals surface area (Å²) in [6.45, 7) is 7.31. The van der Waals surface area contributed by atoms with E-state index in [0.717, 1.165) is 11.3 Å². The number of benzene rings is 2. The third-order valence-electron chi connectivity index (χ3n) is 4.07. The van der Waals surface area contributed by atoms with Crippen LogP contribution in [0.2, 0.25) is 0 Å². The summed E-state index contributed by atoms with van der Waals surface area (Å²) < 4.78 is 21.3. The third-order valence-corrected chi connectivity index (χ3v) is 4.07. The molecule has 2 aromatic carbocycles. The van der Waals surface area contributed by atoms with Gasteiger partial charge in [0, 0.05) is 0 Å². The highest BCUT2D eigenvalue weighted by Crippen LogP contribution is 2.28. The maximum absolute atomic E-state index is 11.0. The number of methoxy groups -OCH3 is 2. The maximum Gasteiger partial charge on any atom is 0.427 e. The Morgan fingerprint density at radius 2 is 1.69 bits per heavy atom. The minimum absolute atomic E-state index is 0.116. The van der Waals surface area contributed by atoms with Gasteiger partial charge in [0.25, 0.3) is 0 Å². The highest BCUT2D eigenvalue weighted by atomic mass is 16.5. The van der Waals surface area contributed by atoms with Crippen LogP contribution in [0.3, 0.4) is 0 Å². The molecule has 1 N–H and O–H groups in total. The van der Waals surface area contributed by atoms with Crippen molar-refractivity contribution in [2.75, 3.05) is 27.4 Å². The van der Waals surface area contributed by atoms with Crippen molar-refractivity contribution in [3.8, 4) is 17.2 Å². The number of rotatable bonds is 8. The topological polar surface area (TPSA) is 78.4 Å².